The highest BCUT2D eigenvalue weighted by Gasteiger charge is 2.23. The number of nitrogens with one attached hydrogen (secondary N) is 1. The number of hydrogen-bond acceptors (Lipinski definition) is 3. The van der Waals surface area contributed by atoms with Crippen molar-refractivity contribution < 1.29 is 0 Å². The van der Waals surface area contributed by atoms with Crippen LogP contribution >= 0.6 is 23.7 Å². The summed E-state index contributed by atoms with van der Waals surface area (Å²) < 4.78 is 0. The molecule has 2 rings (SSSR count). The molecule has 1 aromatic heterocycles. The summed E-state index contributed by atoms with van der Waals surface area (Å²) in [6, 6.07) is 3.48. The first-order valence-electron chi connectivity index (χ1n) is 5.26. The molecule has 1 N–H and O–H groups in total. The van der Waals surface area contributed by atoms with Crippen molar-refractivity contribution >= 4 is 23.7 Å². The highest BCUT2D eigenvalue weighted by atomic mass is 35.5. The van der Waals surface area contributed by atoms with Crippen LogP contribution in [0.3, 0.4) is 0 Å². The van der Waals surface area contributed by atoms with E-state index in [2.05, 4.69) is 40.9 Å². The molecule has 2 heterocycles. The molecule has 0 bridgehead atoms. The SMILES string of the molecule is CC1NCCN(Cc2ccsc2)C1C.Cl. The third kappa shape index (κ3) is 3.18. The van der Waals surface area contributed by atoms with E-state index in [9.17, 15) is 0 Å². The summed E-state index contributed by atoms with van der Waals surface area (Å²) in [5, 5.41) is 7.91. The van der Waals surface area contributed by atoms with Crippen LogP contribution in [0.4, 0.5) is 0 Å². The van der Waals surface area contributed by atoms with Crippen molar-refractivity contribution in [1.29, 1.82) is 0 Å². The fourth-order valence-corrected chi connectivity index (χ4v) is 2.63. The maximum Gasteiger partial charge on any atom is 0.0246 e. The Kier molecular flexibility index (Phi) is 5.06. The third-order valence-corrected chi connectivity index (χ3v) is 3.86. The predicted molar refractivity (Wildman–Crippen MR) is 68.9 cm³/mol. The predicted octanol–water partition coefficient (Wildman–Crippen LogP) is 2.35. The topological polar surface area (TPSA) is 15.3 Å². The van der Waals surface area contributed by atoms with Crippen LogP contribution in [-0.2, 0) is 6.54 Å². The van der Waals surface area contributed by atoms with Gasteiger partial charge in [-0.05, 0) is 36.2 Å². The largest absolute Gasteiger partial charge is 0.311 e. The highest BCUT2D eigenvalue weighted by Crippen LogP contribution is 2.15. The highest BCUT2D eigenvalue weighted by molar-refractivity contribution is 7.07. The lowest BCUT2D eigenvalue weighted by atomic mass is 10.1. The zero-order valence-corrected chi connectivity index (χ0v) is 10.9. The zero-order valence-electron chi connectivity index (χ0n) is 9.27. The Morgan fingerprint density at radius 3 is 3.00 bits per heavy atom. The van der Waals surface area contributed by atoms with E-state index in [1.807, 2.05) is 0 Å². The first kappa shape index (κ1) is 13.0. The molecule has 0 spiro atoms. The van der Waals surface area contributed by atoms with Gasteiger partial charge in [-0.25, -0.2) is 0 Å². The van der Waals surface area contributed by atoms with Gasteiger partial charge in [-0.1, -0.05) is 0 Å². The standard InChI is InChI=1S/C11H18N2S.ClH/c1-9-10(2)13(5-4-12-9)7-11-3-6-14-8-11;/h3,6,8-10,12H,4-5,7H2,1-2H3;1H. The van der Waals surface area contributed by atoms with Crippen LogP contribution in [0.2, 0.25) is 0 Å². The van der Waals surface area contributed by atoms with Crippen molar-refractivity contribution in [3.63, 3.8) is 0 Å². The minimum absolute atomic E-state index is 0. The van der Waals surface area contributed by atoms with Gasteiger partial charge in [0.15, 0.2) is 0 Å². The van der Waals surface area contributed by atoms with Gasteiger partial charge in [0.05, 0.1) is 0 Å². The second-order valence-corrected chi connectivity index (χ2v) is 4.87. The Balaban J connectivity index is 0.00000112. The molecule has 1 saturated heterocycles. The van der Waals surface area contributed by atoms with E-state index < -0.39 is 0 Å². The second-order valence-electron chi connectivity index (χ2n) is 4.09. The average molecular weight is 247 g/mol. The molecular weight excluding hydrogens is 228 g/mol. The van der Waals surface area contributed by atoms with Crippen LogP contribution in [-0.4, -0.2) is 30.1 Å². The average Bonchev–Trinajstić information content (AvgIpc) is 2.66. The number of thiophene rings is 1. The molecule has 2 atom stereocenters. The van der Waals surface area contributed by atoms with Gasteiger partial charge < -0.3 is 5.32 Å². The molecule has 86 valence electrons. The molecule has 0 radical (unpaired) electrons. The summed E-state index contributed by atoms with van der Waals surface area (Å²) in [6.07, 6.45) is 0. The van der Waals surface area contributed by atoms with E-state index in [-0.39, 0.29) is 12.4 Å². The van der Waals surface area contributed by atoms with E-state index >= 15 is 0 Å². The van der Waals surface area contributed by atoms with Crippen LogP contribution in [0.1, 0.15) is 19.4 Å². The van der Waals surface area contributed by atoms with Crippen molar-refractivity contribution in [3.8, 4) is 0 Å². The zero-order chi connectivity index (χ0) is 9.97. The van der Waals surface area contributed by atoms with Gasteiger partial charge in [-0.2, -0.15) is 11.3 Å². The van der Waals surface area contributed by atoms with Gasteiger partial charge in [-0.15, -0.1) is 12.4 Å². The summed E-state index contributed by atoms with van der Waals surface area (Å²) in [7, 11) is 0. The Labute approximate surface area is 102 Å². The van der Waals surface area contributed by atoms with Crippen LogP contribution in [0.15, 0.2) is 16.8 Å². The van der Waals surface area contributed by atoms with Gasteiger partial charge >= 0.3 is 0 Å². The fraction of sp³-hybridized carbons (Fsp3) is 0.636. The van der Waals surface area contributed by atoms with E-state index in [0.29, 0.717) is 12.1 Å². The molecule has 0 aromatic carbocycles. The maximum absolute atomic E-state index is 3.50. The minimum atomic E-state index is 0. The molecule has 4 heteroatoms. The van der Waals surface area contributed by atoms with E-state index in [1.54, 1.807) is 11.3 Å². The molecule has 0 amide bonds. The Hall–Kier alpha value is -0.0900. The lowest BCUT2D eigenvalue weighted by Crippen LogP contribution is -2.54. The van der Waals surface area contributed by atoms with Crippen molar-refractivity contribution in [2.24, 2.45) is 0 Å². The van der Waals surface area contributed by atoms with E-state index in [4.69, 9.17) is 0 Å². The Morgan fingerprint density at radius 1 is 1.53 bits per heavy atom. The summed E-state index contributed by atoms with van der Waals surface area (Å²) in [5.74, 6) is 0. The molecule has 1 fully saturated rings. The summed E-state index contributed by atoms with van der Waals surface area (Å²) in [6.45, 7) is 7.97. The van der Waals surface area contributed by atoms with Gasteiger partial charge in [-0.3, -0.25) is 4.90 Å². The Morgan fingerprint density at radius 2 is 2.33 bits per heavy atom. The number of nitrogens with zero attached hydrogens (tertiary/aromatic N) is 1. The fourth-order valence-electron chi connectivity index (χ4n) is 1.97. The van der Waals surface area contributed by atoms with Gasteiger partial charge in [0.2, 0.25) is 0 Å². The maximum atomic E-state index is 3.50. The number of halogens is 1. The Bertz CT molecular complexity index is 276. The lowest BCUT2D eigenvalue weighted by Gasteiger charge is -2.38. The first-order valence-corrected chi connectivity index (χ1v) is 6.20. The smallest absolute Gasteiger partial charge is 0.0246 e. The molecule has 0 saturated carbocycles. The van der Waals surface area contributed by atoms with E-state index in [0.717, 1.165) is 13.1 Å². The number of rotatable bonds is 2. The van der Waals surface area contributed by atoms with E-state index in [1.165, 1.54) is 12.1 Å². The number of piperazine rings is 1. The monoisotopic (exact) mass is 246 g/mol. The van der Waals surface area contributed by atoms with Crippen molar-refractivity contribution in [3.05, 3.63) is 22.4 Å². The first-order chi connectivity index (χ1) is 6.77. The van der Waals surface area contributed by atoms with Crippen molar-refractivity contribution in [2.75, 3.05) is 13.1 Å². The molecule has 1 aliphatic heterocycles. The van der Waals surface area contributed by atoms with Crippen LogP contribution in [0.25, 0.3) is 0 Å². The summed E-state index contributed by atoms with van der Waals surface area (Å²) >= 11 is 1.79. The summed E-state index contributed by atoms with van der Waals surface area (Å²) in [4.78, 5) is 2.56. The van der Waals surface area contributed by atoms with Gasteiger partial charge in [0, 0.05) is 31.7 Å². The number of hydrogen-bond donors (Lipinski definition) is 1. The van der Waals surface area contributed by atoms with Crippen molar-refractivity contribution in [1.82, 2.24) is 10.2 Å². The molecule has 0 aliphatic carbocycles. The van der Waals surface area contributed by atoms with Crippen LogP contribution in [0, 0.1) is 0 Å². The van der Waals surface area contributed by atoms with Gasteiger partial charge in [0.25, 0.3) is 0 Å². The molecule has 2 nitrogen and oxygen atoms in total. The summed E-state index contributed by atoms with van der Waals surface area (Å²) in [5.41, 5.74) is 1.45. The molecule has 15 heavy (non-hydrogen) atoms. The third-order valence-electron chi connectivity index (χ3n) is 3.13. The normalized spacial score (nSPS) is 27.3. The van der Waals surface area contributed by atoms with Crippen LogP contribution < -0.4 is 5.32 Å². The molecule has 1 aliphatic rings. The second kappa shape index (κ2) is 5.85. The quantitative estimate of drug-likeness (QED) is 0.862. The molecule has 2 unspecified atom stereocenters. The van der Waals surface area contributed by atoms with Crippen LogP contribution in [0.5, 0.6) is 0 Å². The van der Waals surface area contributed by atoms with Gasteiger partial charge in [0.1, 0.15) is 0 Å². The molecule has 1 aromatic rings. The minimum Gasteiger partial charge on any atom is -0.311 e. The lowest BCUT2D eigenvalue weighted by molar-refractivity contribution is 0.131. The molecular formula is C11H19ClN2S. The van der Waals surface area contributed by atoms with Crippen molar-refractivity contribution in [2.45, 2.75) is 32.5 Å².